The average Bonchev–Trinajstić information content (AvgIpc) is 2.99. The largest absolute Gasteiger partial charge is 0.336 e. The molecule has 0 radical (unpaired) electrons. The molecule has 2 aliphatic heterocycles. The lowest BCUT2D eigenvalue weighted by atomic mass is 10.00. The zero-order valence-electron chi connectivity index (χ0n) is 13.4. The van der Waals surface area contributed by atoms with Gasteiger partial charge in [-0.25, -0.2) is 10.9 Å². The monoisotopic (exact) mass is 358 g/mol. The van der Waals surface area contributed by atoms with Crippen LogP contribution in [-0.4, -0.2) is 42.0 Å². The molecular weight excluding hydrogens is 335 g/mol. The minimum Gasteiger partial charge on any atom is -0.336 e. The zero-order valence-corrected chi connectivity index (χ0v) is 15.0. The van der Waals surface area contributed by atoms with Crippen molar-refractivity contribution < 1.29 is 4.79 Å². The number of carbonyl (C=O) groups excluding carboxylic acids is 1. The van der Waals surface area contributed by atoms with Crippen molar-refractivity contribution in [3.63, 3.8) is 0 Å². The molecule has 7 heteroatoms. The predicted octanol–water partition coefficient (Wildman–Crippen LogP) is 1.88. The lowest BCUT2D eigenvalue weighted by Crippen LogP contribution is -2.60. The van der Waals surface area contributed by atoms with E-state index in [4.69, 9.17) is 11.6 Å². The van der Waals surface area contributed by atoms with Crippen molar-refractivity contribution in [3.8, 4) is 0 Å². The number of benzene rings is 1. The lowest BCUT2D eigenvalue weighted by molar-refractivity contribution is -0.136. The number of piperazine rings is 1. The molecule has 2 heterocycles. The van der Waals surface area contributed by atoms with E-state index in [9.17, 15) is 4.79 Å². The first-order valence-electron chi connectivity index (χ1n) is 7.87. The Morgan fingerprint density at radius 1 is 1.26 bits per heavy atom. The Hall–Kier alpha value is -0.850. The van der Waals surface area contributed by atoms with E-state index < -0.39 is 0 Å². The van der Waals surface area contributed by atoms with Gasteiger partial charge in [0.05, 0.1) is 0 Å². The SMILES string of the molecule is CC1NCCN(C(=O)C2CC(c3ccccc3Cl)NN2)C1C.Cl. The van der Waals surface area contributed by atoms with Gasteiger partial charge in [-0.1, -0.05) is 29.8 Å². The first-order chi connectivity index (χ1) is 10.6. The van der Waals surface area contributed by atoms with Crippen LogP contribution < -0.4 is 16.2 Å². The molecule has 3 rings (SSSR count). The van der Waals surface area contributed by atoms with Gasteiger partial charge in [0.15, 0.2) is 0 Å². The van der Waals surface area contributed by atoms with Gasteiger partial charge in [0.1, 0.15) is 6.04 Å². The molecule has 4 unspecified atom stereocenters. The third kappa shape index (κ3) is 3.80. The number of carbonyl (C=O) groups is 1. The third-order valence-electron chi connectivity index (χ3n) is 4.80. The van der Waals surface area contributed by atoms with E-state index in [1.807, 2.05) is 29.2 Å². The molecule has 5 nitrogen and oxygen atoms in total. The summed E-state index contributed by atoms with van der Waals surface area (Å²) in [6.07, 6.45) is 0.716. The highest BCUT2D eigenvalue weighted by Gasteiger charge is 2.37. The summed E-state index contributed by atoms with van der Waals surface area (Å²) in [6.45, 7) is 5.84. The summed E-state index contributed by atoms with van der Waals surface area (Å²) in [5.41, 5.74) is 7.39. The molecule has 128 valence electrons. The van der Waals surface area contributed by atoms with Crippen LogP contribution in [0.5, 0.6) is 0 Å². The van der Waals surface area contributed by atoms with E-state index in [1.165, 1.54) is 0 Å². The molecule has 1 aromatic rings. The molecule has 0 spiro atoms. The van der Waals surface area contributed by atoms with Crippen LogP contribution in [0.25, 0.3) is 0 Å². The van der Waals surface area contributed by atoms with E-state index in [0.717, 1.165) is 23.7 Å². The van der Waals surface area contributed by atoms with Gasteiger partial charge in [0.2, 0.25) is 5.91 Å². The molecule has 23 heavy (non-hydrogen) atoms. The minimum absolute atomic E-state index is 0. The molecule has 3 N–H and O–H groups in total. The second-order valence-electron chi connectivity index (χ2n) is 6.17. The molecule has 0 bridgehead atoms. The van der Waals surface area contributed by atoms with E-state index in [-0.39, 0.29) is 36.4 Å². The second-order valence-corrected chi connectivity index (χ2v) is 6.57. The molecule has 0 aliphatic carbocycles. The van der Waals surface area contributed by atoms with E-state index in [0.29, 0.717) is 12.5 Å². The van der Waals surface area contributed by atoms with E-state index in [1.54, 1.807) is 0 Å². The molecular formula is C16H24Cl2N4O. The van der Waals surface area contributed by atoms with Crippen molar-refractivity contribution in [2.75, 3.05) is 13.1 Å². The number of nitrogens with zero attached hydrogens (tertiary/aromatic N) is 1. The number of halogens is 2. The van der Waals surface area contributed by atoms with Crippen LogP contribution in [0.15, 0.2) is 24.3 Å². The zero-order chi connectivity index (χ0) is 15.7. The Balaban J connectivity index is 0.00000192. The number of hydrogen-bond acceptors (Lipinski definition) is 4. The summed E-state index contributed by atoms with van der Waals surface area (Å²) in [7, 11) is 0. The van der Waals surface area contributed by atoms with Crippen molar-refractivity contribution in [2.24, 2.45) is 0 Å². The fraction of sp³-hybridized carbons (Fsp3) is 0.562. The molecule has 0 saturated carbocycles. The van der Waals surface area contributed by atoms with Gasteiger partial charge in [-0.3, -0.25) is 4.79 Å². The van der Waals surface area contributed by atoms with Crippen LogP contribution >= 0.6 is 24.0 Å². The van der Waals surface area contributed by atoms with Crippen LogP contribution in [0.4, 0.5) is 0 Å². The number of hydrazine groups is 1. The Kier molecular flexibility index (Phi) is 6.28. The fourth-order valence-electron chi connectivity index (χ4n) is 3.25. The second kappa shape index (κ2) is 7.81. The van der Waals surface area contributed by atoms with Gasteiger partial charge in [-0.15, -0.1) is 12.4 Å². The summed E-state index contributed by atoms with van der Waals surface area (Å²) in [5, 5.41) is 4.14. The highest BCUT2D eigenvalue weighted by atomic mass is 35.5. The van der Waals surface area contributed by atoms with Gasteiger partial charge >= 0.3 is 0 Å². The van der Waals surface area contributed by atoms with Gasteiger partial charge in [-0.2, -0.15) is 0 Å². The van der Waals surface area contributed by atoms with Gasteiger partial charge in [0.25, 0.3) is 0 Å². The summed E-state index contributed by atoms with van der Waals surface area (Å²) in [4.78, 5) is 14.8. The fourth-order valence-corrected chi connectivity index (χ4v) is 3.51. The number of nitrogens with one attached hydrogen (secondary N) is 3. The molecule has 1 aromatic carbocycles. The van der Waals surface area contributed by atoms with Crippen molar-refractivity contribution >= 4 is 29.9 Å². The summed E-state index contributed by atoms with van der Waals surface area (Å²) >= 11 is 6.25. The average molecular weight is 359 g/mol. The highest BCUT2D eigenvalue weighted by Crippen LogP contribution is 2.29. The Morgan fingerprint density at radius 3 is 2.74 bits per heavy atom. The maximum atomic E-state index is 12.8. The molecule has 2 saturated heterocycles. The van der Waals surface area contributed by atoms with Crippen molar-refractivity contribution in [2.45, 2.75) is 44.4 Å². The summed E-state index contributed by atoms with van der Waals surface area (Å²) in [5.74, 6) is 0.169. The van der Waals surface area contributed by atoms with Crippen molar-refractivity contribution in [1.82, 2.24) is 21.1 Å². The third-order valence-corrected chi connectivity index (χ3v) is 5.14. The van der Waals surface area contributed by atoms with Crippen LogP contribution in [0.3, 0.4) is 0 Å². The quantitative estimate of drug-likeness (QED) is 0.755. The first kappa shape index (κ1) is 18.5. The molecule has 2 fully saturated rings. The topological polar surface area (TPSA) is 56.4 Å². The minimum atomic E-state index is -0.200. The Labute approximate surface area is 148 Å². The van der Waals surface area contributed by atoms with Gasteiger partial charge in [0, 0.05) is 36.2 Å². The van der Waals surface area contributed by atoms with E-state index >= 15 is 0 Å². The number of rotatable bonds is 2. The standard InChI is InChI=1S/C16H23ClN4O.ClH/c1-10-11(2)21(8-7-18-10)16(22)15-9-14(19-20-15)12-5-3-4-6-13(12)17;/h3-6,10-11,14-15,18-20H,7-9H2,1-2H3;1H. The molecule has 1 amide bonds. The smallest absolute Gasteiger partial charge is 0.241 e. The van der Waals surface area contributed by atoms with Crippen molar-refractivity contribution in [3.05, 3.63) is 34.9 Å². The van der Waals surface area contributed by atoms with Crippen LogP contribution in [0.1, 0.15) is 31.9 Å². The first-order valence-corrected chi connectivity index (χ1v) is 8.25. The van der Waals surface area contributed by atoms with Gasteiger partial charge in [-0.05, 0) is 31.9 Å². The predicted molar refractivity (Wildman–Crippen MR) is 94.8 cm³/mol. The lowest BCUT2D eigenvalue weighted by Gasteiger charge is -2.39. The van der Waals surface area contributed by atoms with Crippen LogP contribution in [0, 0.1) is 0 Å². The Bertz CT molecular complexity index is 557. The van der Waals surface area contributed by atoms with Crippen molar-refractivity contribution in [1.29, 1.82) is 0 Å². The van der Waals surface area contributed by atoms with Crippen LogP contribution in [-0.2, 0) is 4.79 Å². The normalized spacial score (nSPS) is 30.8. The molecule has 2 aliphatic rings. The maximum Gasteiger partial charge on any atom is 0.241 e. The van der Waals surface area contributed by atoms with Crippen LogP contribution in [0.2, 0.25) is 5.02 Å². The molecule has 0 aromatic heterocycles. The number of amides is 1. The Morgan fingerprint density at radius 2 is 2.00 bits per heavy atom. The maximum absolute atomic E-state index is 12.8. The summed E-state index contributed by atoms with van der Waals surface area (Å²) in [6, 6.07) is 8.18. The molecule has 4 atom stereocenters. The number of hydrogen-bond donors (Lipinski definition) is 3. The summed E-state index contributed by atoms with van der Waals surface area (Å²) < 4.78 is 0. The highest BCUT2D eigenvalue weighted by molar-refractivity contribution is 6.31. The van der Waals surface area contributed by atoms with Gasteiger partial charge < -0.3 is 10.2 Å². The van der Waals surface area contributed by atoms with E-state index in [2.05, 4.69) is 30.0 Å².